The number of carbonyl (C=O) groups excluding carboxylic acids is 2. The van der Waals surface area contributed by atoms with E-state index in [0.29, 0.717) is 44.7 Å². The number of hydrogen-bond donors (Lipinski definition) is 1. The molecule has 0 radical (unpaired) electrons. The molecule has 1 aliphatic heterocycles. The molecule has 3 aliphatic rings. The summed E-state index contributed by atoms with van der Waals surface area (Å²) < 4.78 is 10.3. The number of likely N-dealkylation sites (tertiary alicyclic amines) is 1. The van der Waals surface area contributed by atoms with Crippen molar-refractivity contribution in [1.82, 2.24) is 4.90 Å². The van der Waals surface area contributed by atoms with Crippen LogP contribution in [0.15, 0.2) is 21.3 Å². The van der Waals surface area contributed by atoms with Crippen LogP contribution in [0.5, 0.6) is 0 Å². The first-order valence-corrected chi connectivity index (χ1v) is 24.6. The second-order valence-corrected chi connectivity index (χ2v) is 27.4. The number of unbranched alkanes of at least 4 members (excludes halogenated alkanes) is 3. The number of allylic oxidation sites excluding steroid dienone is 3. The zero-order valence-electron chi connectivity index (χ0n) is 26.1. The summed E-state index contributed by atoms with van der Waals surface area (Å²) in [6, 6.07) is 0. The Morgan fingerprint density at radius 2 is 1.68 bits per heavy atom. The van der Waals surface area contributed by atoms with Crippen molar-refractivity contribution in [2.45, 2.75) is 135 Å². The minimum atomic E-state index is -3.04. The van der Waals surface area contributed by atoms with E-state index < -0.39 is 33.7 Å². The number of rotatable bonds is 16. The number of Topliss-reactive ketones (excluding diaryl/α,β-unsaturated/α-hetero) is 1. The van der Waals surface area contributed by atoms with Crippen molar-refractivity contribution < 1.29 is 19.4 Å². The number of alkyl halides is 1. The Hall–Kier alpha value is -0.181. The molecule has 3 rings (SSSR count). The topological polar surface area (TPSA) is 66.8 Å². The van der Waals surface area contributed by atoms with Crippen LogP contribution >= 0.6 is 15.9 Å². The van der Waals surface area contributed by atoms with E-state index in [0.717, 1.165) is 31.4 Å². The van der Waals surface area contributed by atoms with Gasteiger partial charge in [0.05, 0.1) is 0 Å². The Labute approximate surface area is 256 Å². The van der Waals surface area contributed by atoms with Crippen LogP contribution in [-0.4, -0.2) is 76.3 Å². The first-order valence-electron chi connectivity index (χ1n) is 16.4. The number of carbonyl (C=O) groups is 2. The van der Waals surface area contributed by atoms with Crippen molar-refractivity contribution in [3.63, 3.8) is 0 Å². The summed E-state index contributed by atoms with van der Waals surface area (Å²) in [5.41, 5.74) is -1.28. The Morgan fingerprint density at radius 1 is 1.05 bits per heavy atom. The zero-order valence-corrected chi connectivity index (χ0v) is 30.5. The van der Waals surface area contributed by atoms with Gasteiger partial charge in [-0.15, -0.1) is 0 Å². The minimum absolute atomic E-state index is 0.261. The molecule has 0 aromatic rings. The predicted molar refractivity (Wildman–Crippen MR) is 172 cm³/mol. The van der Waals surface area contributed by atoms with Gasteiger partial charge in [0.25, 0.3) is 0 Å². The molecule has 0 amide bonds. The summed E-state index contributed by atoms with van der Waals surface area (Å²) in [5.74, 6) is 0.0291. The van der Waals surface area contributed by atoms with Crippen LogP contribution in [0.3, 0.4) is 0 Å². The monoisotopic (exact) mass is 729 g/mol. The van der Waals surface area contributed by atoms with Crippen molar-refractivity contribution in [1.29, 1.82) is 0 Å². The van der Waals surface area contributed by atoms with Gasteiger partial charge in [0.15, 0.2) is 0 Å². The molecule has 2 aliphatic carbocycles. The maximum atomic E-state index is 13.8. The molecule has 5 nitrogen and oxygen atoms in total. The van der Waals surface area contributed by atoms with E-state index in [2.05, 4.69) is 60.7 Å². The van der Waals surface area contributed by atoms with Gasteiger partial charge in [0, 0.05) is 0 Å². The van der Waals surface area contributed by atoms with Crippen LogP contribution in [0.2, 0.25) is 13.3 Å². The SMILES string of the molecule is CCC[CH2][Sn]([CH2]CCC)([CH2]CCC)/[C](=C/C[C@@]1(O)[C@]2(Br)CCC[C@@]1(C(=O)OCC)CN(CC)C2)C1=CCCC1=O. The van der Waals surface area contributed by atoms with E-state index in [1.165, 1.54) is 55.4 Å². The molecule has 3 atom stereocenters. The second-order valence-electron chi connectivity index (χ2n) is 12.8. The molecule has 228 valence electrons. The van der Waals surface area contributed by atoms with Crippen molar-refractivity contribution in [3.8, 4) is 0 Å². The van der Waals surface area contributed by atoms with Crippen LogP contribution in [0.4, 0.5) is 0 Å². The first-order chi connectivity index (χ1) is 19.1. The average Bonchev–Trinajstić information content (AvgIpc) is 3.35. The van der Waals surface area contributed by atoms with Gasteiger partial charge < -0.3 is 0 Å². The second kappa shape index (κ2) is 15.0. The number of ketones is 1. The Morgan fingerprint density at radius 3 is 2.17 bits per heavy atom. The molecular formula is C33H56BrNO4Sn. The summed E-state index contributed by atoms with van der Waals surface area (Å²) in [6.45, 7) is 13.2. The maximum absolute atomic E-state index is 13.8. The van der Waals surface area contributed by atoms with Gasteiger partial charge in [0.1, 0.15) is 0 Å². The zero-order chi connectivity index (χ0) is 29.4. The molecule has 0 spiro atoms. The average molecular weight is 729 g/mol. The number of esters is 1. The van der Waals surface area contributed by atoms with Crippen LogP contribution in [0, 0.1) is 5.41 Å². The number of aliphatic hydroxyl groups is 1. The van der Waals surface area contributed by atoms with Crippen molar-refractivity contribution in [3.05, 3.63) is 21.3 Å². The molecule has 1 heterocycles. The van der Waals surface area contributed by atoms with Crippen LogP contribution < -0.4 is 0 Å². The molecule has 0 aromatic heterocycles. The van der Waals surface area contributed by atoms with Gasteiger partial charge in [-0.3, -0.25) is 0 Å². The predicted octanol–water partition coefficient (Wildman–Crippen LogP) is 7.91. The summed E-state index contributed by atoms with van der Waals surface area (Å²) in [6.07, 6.45) is 15.9. The molecule has 0 aromatic carbocycles. The number of fused-ring (bicyclic) bond motifs is 2. The summed E-state index contributed by atoms with van der Waals surface area (Å²) in [5, 5.41) is 12.9. The standard InChI is InChI=1S/C21H29BrNO4.3C4H9.Sn/c1-3-23-14-19(18(25)27-4-2)11-7-12-20(22,15-23)21(19,26)13-6-9-16-8-5-10-17(16)24;3*1-3-4-2;/h6,8,26H,3-5,7,10-15H2,1-2H3;3*1,3-4H2,2H3;/t19-,20-,21-;;;;/m0..../s1. The van der Waals surface area contributed by atoms with Crippen molar-refractivity contribution in [2.24, 2.45) is 5.41 Å². The molecule has 0 unspecified atom stereocenters. The van der Waals surface area contributed by atoms with Crippen molar-refractivity contribution >= 4 is 46.1 Å². The van der Waals surface area contributed by atoms with Crippen LogP contribution in [0.25, 0.3) is 0 Å². The van der Waals surface area contributed by atoms with E-state index >= 15 is 0 Å². The first kappa shape index (κ1) is 34.3. The number of ether oxygens (including phenoxy) is 1. The van der Waals surface area contributed by atoms with Crippen LogP contribution in [-0.2, 0) is 14.3 Å². The molecule has 40 heavy (non-hydrogen) atoms. The number of halogens is 1. The van der Waals surface area contributed by atoms with E-state index in [1.54, 1.807) is 0 Å². The third-order valence-corrected chi connectivity index (χ3v) is 27.4. The summed E-state index contributed by atoms with van der Waals surface area (Å²) in [7, 11) is 0. The number of nitrogens with zero attached hydrogens (tertiary/aromatic N) is 1. The number of hydrogen-bond acceptors (Lipinski definition) is 5. The summed E-state index contributed by atoms with van der Waals surface area (Å²) in [4.78, 5) is 29.5. The van der Waals surface area contributed by atoms with Crippen LogP contribution in [0.1, 0.15) is 112 Å². The van der Waals surface area contributed by atoms with Gasteiger partial charge in [-0.05, 0) is 0 Å². The molecule has 7 heteroatoms. The van der Waals surface area contributed by atoms with Gasteiger partial charge in [-0.1, -0.05) is 0 Å². The van der Waals surface area contributed by atoms with E-state index in [-0.39, 0.29) is 5.97 Å². The molecule has 1 saturated carbocycles. The third-order valence-electron chi connectivity index (χ3n) is 10.3. The fourth-order valence-electron chi connectivity index (χ4n) is 7.97. The quantitative estimate of drug-likeness (QED) is 0.0995. The van der Waals surface area contributed by atoms with Gasteiger partial charge in [-0.25, -0.2) is 0 Å². The van der Waals surface area contributed by atoms with E-state index in [9.17, 15) is 14.7 Å². The van der Waals surface area contributed by atoms with E-state index in [4.69, 9.17) is 4.74 Å². The number of piperidine rings is 1. The van der Waals surface area contributed by atoms with Crippen molar-refractivity contribution in [2.75, 3.05) is 26.2 Å². The molecule has 2 bridgehead atoms. The molecular weight excluding hydrogens is 673 g/mol. The van der Waals surface area contributed by atoms with E-state index in [1.807, 2.05) is 6.92 Å². The summed E-state index contributed by atoms with van der Waals surface area (Å²) >= 11 is 1.03. The van der Waals surface area contributed by atoms with Gasteiger partial charge in [-0.2, -0.15) is 0 Å². The van der Waals surface area contributed by atoms with Gasteiger partial charge >= 0.3 is 258 Å². The molecule has 2 fully saturated rings. The fourth-order valence-corrected chi connectivity index (χ4v) is 26.3. The normalized spacial score (nSPS) is 29.5. The Kier molecular flexibility index (Phi) is 12.9. The Balaban J connectivity index is 2.19. The fraction of sp³-hybridized carbons (Fsp3) is 0.818. The molecule has 1 N–H and O–H groups in total. The molecule has 1 saturated heterocycles. The third kappa shape index (κ3) is 6.65. The Bertz CT molecular complexity index is 929. The van der Waals surface area contributed by atoms with Gasteiger partial charge in [0.2, 0.25) is 0 Å².